The number of carbonyl (C=O) groups is 1. The Labute approximate surface area is 81.9 Å². The van der Waals surface area contributed by atoms with Crippen LogP contribution < -0.4 is 5.73 Å². The van der Waals surface area contributed by atoms with Crippen LogP contribution in [-0.2, 0) is 4.79 Å². The Hall–Kier alpha value is 0. The Balaban J connectivity index is 3.64. The van der Waals surface area contributed by atoms with Crippen LogP contribution in [0.5, 0.6) is 0 Å². The summed E-state index contributed by atoms with van der Waals surface area (Å²) in [6.07, 6.45) is 1.24. The number of aliphatic carboxylic acids is 1. The van der Waals surface area contributed by atoms with Gasteiger partial charge >= 0.3 is 5.97 Å². The average molecular weight is 227 g/mol. The highest BCUT2D eigenvalue weighted by Gasteiger charge is 2.09. The minimum Gasteiger partial charge on any atom is -0.480 e. The lowest BCUT2D eigenvalue weighted by Crippen LogP contribution is -2.29. The lowest BCUT2D eigenvalue weighted by Gasteiger charge is -2.05. The van der Waals surface area contributed by atoms with Gasteiger partial charge in [-0.05, 0) is 25.1 Å². The zero-order valence-electron chi connectivity index (χ0n) is 7.00. The molecule has 0 unspecified atom stereocenters. The molecule has 5 N–H and O–H groups in total. The summed E-state index contributed by atoms with van der Waals surface area (Å²) in [4.78, 5) is 27.9. The van der Waals surface area contributed by atoms with Gasteiger partial charge in [-0.2, -0.15) is 0 Å². The van der Waals surface area contributed by atoms with Gasteiger partial charge in [0.25, 0.3) is 0 Å². The van der Waals surface area contributed by atoms with Crippen LogP contribution in [0.2, 0.25) is 0 Å². The maximum atomic E-state index is 10.2. The monoisotopic (exact) mass is 227 g/mol. The van der Waals surface area contributed by atoms with Gasteiger partial charge in [-0.1, -0.05) is 12.2 Å². The van der Waals surface area contributed by atoms with Crippen LogP contribution in [0.3, 0.4) is 0 Å². The van der Waals surface area contributed by atoms with Crippen molar-refractivity contribution in [3.05, 3.63) is 0 Å². The van der Waals surface area contributed by atoms with Gasteiger partial charge in [0, 0.05) is 0 Å². The number of rotatable bonds is 5. The summed E-state index contributed by atoms with van der Waals surface area (Å²) in [6, 6.07) is -0.876. The van der Waals surface area contributed by atoms with E-state index in [-0.39, 0.29) is 0 Å². The van der Waals surface area contributed by atoms with E-state index in [1.165, 1.54) is 5.80 Å². The zero-order chi connectivity index (χ0) is 10.5. The summed E-state index contributed by atoms with van der Waals surface area (Å²) in [6.45, 7) is -3.12. The normalized spacial score (nSPS) is 13.8. The molecule has 78 valence electrons. The number of unbranched alkanes of at least 4 members (excludes halogenated alkanes) is 1. The van der Waals surface area contributed by atoms with Gasteiger partial charge in [0.15, 0.2) is 6.54 Å². The summed E-state index contributed by atoms with van der Waals surface area (Å²) < 4.78 is 0. The standard InChI is InChI=1S/C6H14NO4PS/c7-5(6(8)9)3-1-2-4-12(10,11)13/h4-5,10-11,13H,1-3,7H2,(H,8,9)/t5-/m0/s1. The third-order valence-corrected chi connectivity index (χ3v) is 2.65. The Morgan fingerprint density at radius 3 is 2.54 bits per heavy atom. The van der Waals surface area contributed by atoms with Gasteiger partial charge in [-0.15, -0.1) is 0 Å². The third kappa shape index (κ3) is 8.33. The Bertz CT molecular complexity index is 218. The van der Waals surface area contributed by atoms with Gasteiger partial charge in [0.05, 0.1) is 0 Å². The molecular formula is C6H14NO4PS. The molecule has 0 amide bonds. The second-order valence-electron chi connectivity index (χ2n) is 2.67. The molecule has 0 spiro atoms. The van der Waals surface area contributed by atoms with Crippen molar-refractivity contribution in [2.24, 2.45) is 5.73 Å². The van der Waals surface area contributed by atoms with E-state index in [0.29, 0.717) is 19.3 Å². The van der Waals surface area contributed by atoms with Gasteiger partial charge in [0.1, 0.15) is 6.04 Å². The summed E-state index contributed by atoms with van der Waals surface area (Å²) >= 11 is 3.54. The smallest absolute Gasteiger partial charge is 0.320 e. The van der Waals surface area contributed by atoms with E-state index in [1.807, 2.05) is 0 Å². The number of hydrogen-bond donors (Lipinski definition) is 5. The maximum Gasteiger partial charge on any atom is 0.320 e. The second-order valence-corrected chi connectivity index (χ2v) is 6.03. The topological polar surface area (TPSA) is 104 Å². The molecule has 0 aliphatic carbocycles. The van der Waals surface area contributed by atoms with E-state index in [1.54, 1.807) is 0 Å². The van der Waals surface area contributed by atoms with E-state index in [9.17, 15) is 4.79 Å². The molecule has 0 rings (SSSR count). The van der Waals surface area contributed by atoms with Crippen LogP contribution in [0.4, 0.5) is 0 Å². The van der Waals surface area contributed by atoms with Crippen LogP contribution in [0.25, 0.3) is 0 Å². The molecule has 7 heteroatoms. The van der Waals surface area contributed by atoms with Gasteiger partial charge < -0.3 is 20.6 Å². The molecule has 0 fully saturated rings. The molecule has 0 aliphatic rings. The SMILES string of the molecule is N[C@@H](CCCC=P(O)(O)S)C(=O)O. The van der Waals surface area contributed by atoms with E-state index in [4.69, 9.17) is 20.6 Å². The van der Waals surface area contributed by atoms with Gasteiger partial charge in [0.2, 0.25) is 0 Å². The van der Waals surface area contributed by atoms with Crippen molar-refractivity contribution in [3.63, 3.8) is 0 Å². The van der Waals surface area contributed by atoms with Crippen molar-refractivity contribution in [1.82, 2.24) is 0 Å². The molecule has 0 aromatic heterocycles. The van der Waals surface area contributed by atoms with Gasteiger partial charge in [-0.3, -0.25) is 4.79 Å². The van der Waals surface area contributed by atoms with Crippen molar-refractivity contribution in [3.8, 4) is 0 Å². The second kappa shape index (κ2) is 5.67. The first-order valence-corrected chi connectivity index (χ1v) is 6.64. The maximum absolute atomic E-state index is 10.2. The van der Waals surface area contributed by atoms with Crippen molar-refractivity contribution < 1.29 is 19.7 Å². The van der Waals surface area contributed by atoms with E-state index >= 15 is 0 Å². The Kier molecular flexibility index (Phi) is 5.67. The lowest BCUT2D eigenvalue weighted by atomic mass is 10.1. The number of carboxylic acids is 1. The molecule has 5 nitrogen and oxygen atoms in total. The van der Waals surface area contributed by atoms with Crippen LogP contribution in [0, 0.1) is 0 Å². The highest BCUT2D eigenvalue weighted by molar-refractivity contribution is 8.47. The fraction of sp³-hybridized carbons (Fsp3) is 0.667. The first-order valence-electron chi connectivity index (χ1n) is 3.72. The predicted octanol–water partition coefficient (Wildman–Crippen LogP) is 0.0478. The van der Waals surface area contributed by atoms with Crippen LogP contribution >= 0.6 is 18.8 Å². The Morgan fingerprint density at radius 2 is 2.15 bits per heavy atom. The average Bonchev–Trinajstić information content (AvgIpc) is 1.95. The lowest BCUT2D eigenvalue weighted by molar-refractivity contribution is -0.138. The zero-order valence-corrected chi connectivity index (χ0v) is 8.79. The van der Waals surface area contributed by atoms with Crippen molar-refractivity contribution in [1.29, 1.82) is 0 Å². The van der Waals surface area contributed by atoms with Gasteiger partial charge in [-0.25, -0.2) is 0 Å². The molecule has 0 saturated carbocycles. The number of thiol groups is 1. The van der Waals surface area contributed by atoms with Crippen molar-refractivity contribution in [2.45, 2.75) is 25.3 Å². The molecule has 0 aliphatic heterocycles. The number of carboxylic acid groups (broad SMARTS) is 1. The predicted molar refractivity (Wildman–Crippen MR) is 55.9 cm³/mol. The minimum absolute atomic E-state index is 0.319. The van der Waals surface area contributed by atoms with Crippen LogP contribution in [0.15, 0.2) is 0 Å². The molecule has 1 atom stereocenters. The third-order valence-electron chi connectivity index (χ3n) is 1.41. The highest BCUT2D eigenvalue weighted by atomic mass is 32.7. The largest absolute Gasteiger partial charge is 0.480 e. The number of hydrogen-bond acceptors (Lipinski definition) is 5. The molecule has 0 heterocycles. The van der Waals surface area contributed by atoms with Crippen LogP contribution in [0.1, 0.15) is 19.3 Å². The molecule has 0 saturated heterocycles. The molecular weight excluding hydrogens is 213 g/mol. The molecule has 13 heavy (non-hydrogen) atoms. The fourth-order valence-corrected chi connectivity index (χ4v) is 1.60. The summed E-state index contributed by atoms with van der Waals surface area (Å²) in [5, 5.41) is 8.40. The summed E-state index contributed by atoms with van der Waals surface area (Å²) in [5.41, 5.74) is 5.22. The summed E-state index contributed by atoms with van der Waals surface area (Å²) in [5.74, 6) is 0.241. The number of nitrogens with two attached hydrogens (primary N) is 1. The Morgan fingerprint density at radius 1 is 1.62 bits per heavy atom. The van der Waals surface area contributed by atoms with Crippen LogP contribution in [-0.4, -0.2) is 32.7 Å². The molecule has 0 bridgehead atoms. The van der Waals surface area contributed by atoms with E-state index in [0.717, 1.165) is 0 Å². The van der Waals surface area contributed by atoms with Crippen molar-refractivity contribution in [2.75, 3.05) is 0 Å². The van der Waals surface area contributed by atoms with Crippen molar-refractivity contribution >= 4 is 30.6 Å². The van der Waals surface area contributed by atoms with E-state index < -0.39 is 18.6 Å². The minimum atomic E-state index is -3.12. The molecule has 0 aromatic rings. The first kappa shape index (κ1) is 13.0. The van der Waals surface area contributed by atoms with E-state index in [2.05, 4.69) is 12.2 Å². The highest BCUT2D eigenvalue weighted by Crippen LogP contribution is 2.41. The first-order chi connectivity index (χ1) is 5.83. The fourth-order valence-electron chi connectivity index (χ4n) is 0.726. The quantitative estimate of drug-likeness (QED) is 0.259. The molecule has 0 radical (unpaired) electrons. The summed E-state index contributed by atoms with van der Waals surface area (Å²) in [7, 11) is 0. The molecule has 0 aromatic carbocycles.